The van der Waals surface area contributed by atoms with Gasteiger partial charge in [-0.2, -0.15) is 0 Å². The number of para-hydroxylation sites is 1. The van der Waals surface area contributed by atoms with Crippen molar-refractivity contribution in [2.75, 3.05) is 38.3 Å². The minimum atomic E-state index is -0.711. The van der Waals surface area contributed by atoms with Gasteiger partial charge in [0.15, 0.2) is 0 Å². The third kappa shape index (κ3) is 5.09. The van der Waals surface area contributed by atoms with E-state index in [4.69, 9.17) is 9.72 Å². The van der Waals surface area contributed by atoms with Crippen LogP contribution in [0.2, 0.25) is 0 Å². The van der Waals surface area contributed by atoms with Gasteiger partial charge < -0.3 is 14.5 Å². The minimum Gasteiger partial charge on any atom is -0.378 e. The number of fused-ring (bicyclic) bond motifs is 1. The molecule has 4 aromatic rings. The SMILES string of the molecule is CN(Cc1ccc(N2CCOCC2)cc1)C(=O)C(C)(Cc1nc2ccccc2s1)c1ccccc1. The maximum absolute atomic E-state index is 14.0. The number of likely N-dealkylation sites (N-methyl/N-ethyl adjacent to an activating group) is 1. The van der Waals surface area contributed by atoms with Crippen LogP contribution < -0.4 is 4.90 Å². The fourth-order valence-electron chi connectivity index (χ4n) is 4.81. The third-order valence-electron chi connectivity index (χ3n) is 6.80. The number of thiazole rings is 1. The van der Waals surface area contributed by atoms with Crippen LogP contribution in [-0.2, 0) is 27.9 Å². The monoisotopic (exact) mass is 485 g/mol. The lowest BCUT2D eigenvalue weighted by molar-refractivity contribution is -0.136. The van der Waals surface area contributed by atoms with Crippen molar-refractivity contribution in [2.24, 2.45) is 0 Å². The molecule has 1 atom stereocenters. The number of anilines is 1. The van der Waals surface area contributed by atoms with Gasteiger partial charge in [0.25, 0.3) is 0 Å². The van der Waals surface area contributed by atoms with Gasteiger partial charge in [0.1, 0.15) is 0 Å². The summed E-state index contributed by atoms with van der Waals surface area (Å²) in [6.45, 7) is 5.98. The zero-order chi connectivity index (χ0) is 24.3. The summed E-state index contributed by atoms with van der Waals surface area (Å²) in [5, 5.41) is 0.981. The molecular weight excluding hydrogens is 454 g/mol. The summed E-state index contributed by atoms with van der Waals surface area (Å²) in [5.41, 5.74) is 3.62. The van der Waals surface area contributed by atoms with E-state index in [-0.39, 0.29) is 5.91 Å². The Morgan fingerprint density at radius 1 is 1.00 bits per heavy atom. The molecule has 1 unspecified atom stereocenters. The lowest BCUT2D eigenvalue weighted by Crippen LogP contribution is -2.44. The maximum atomic E-state index is 14.0. The second-order valence-electron chi connectivity index (χ2n) is 9.38. The summed E-state index contributed by atoms with van der Waals surface area (Å²) in [5.74, 6) is 0.0974. The Kier molecular flexibility index (Phi) is 6.84. The van der Waals surface area contributed by atoms with Crippen molar-refractivity contribution in [1.82, 2.24) is 9.88 Å². The number of carbonyl (C=O) groups is 1. The average Bonchev–Trinajstić information content (AvgIpc) is 3.31. The maximum Gasteiger partial charge on any atom is 0.233 e. The summed E-state index contributed by atoms with van der Waals surface area (Å²) in [4.78, 5) is 23.0. The molecule has 1 aliphatic rings. The number of hydrogen-bond donors (Lipinski definition) is 0. The van der Waals surface area contributed by atoms with E-state index in [1.807, 2.05) is 48.3 Å². The number of aromatic nitrogens is 1. The number of morpholine rings is 1. The third-order valence-corrected chi connectivity index (χ3v) is 7.84. The number of rotatable bonds is 7. The van der Waals surface area contributed by atoms with Gasteiger partial charge in [-0.1, -0.05) is 54.6 Å². The average molecular weight is 486 g/mol. The Bertz CT molecular complexity index is 1250. The zero-order valence-electron chi connectivity index (χ0n) is 20.3. The van der Waals surface area contributed by atoms with Crippen molar-refractivity contribution in [3.05, 3.63) is 95.0 Å². The van der Waals surface area contributed by atoms with E-state index in [0.29, 0.717) is 13.0 Å². The molecule has 0 spiro atoms. The summed E-state index contributed by atoms with van der Waals surface area (Å²) in [7, 11) is 1.90. The van der Waals surface area contributed by atoms with Crippen molar-refractivity contribution in [2.45, 2.75) is 25.3 Å². The number of ether oxygens (including phenoxy) is 1. The molecule has 2 heterocycles. The minimum absolute atomic E-state index is 0.0974. The highest BCUT2D eigenvalue weighted by Crippen LogP contribution is 2.34. The molecule has 5 nitrogen and oxygen atoms in total. The number of hydrogen-bond acceptors (Lipinski definition) is 5. The fourth-order valence-corrected chi connectivity index (χ4v) is 5.93. The van der Waals surface area contributed by atoms with E-state index < -0.39 is 5.41 Å². The Hall–Kier alpha value is -3.22. The molecule has 1 saturated heterocycles. The van der Waals surface area contributed by atoms with Crippen LogP contribution in [-0.4, -0.2) is 49.1 Å². The largest absolute Gasteiger partial charge is 0.378 e. The number of carbonyl (C=O) groups excluding carboxylic acids is 1. The molecule has 1 amide bonds. The van der Waals surface area contributed by atoms with Crippen LogP contribution in [0.1, 0.15) is 23.1 Å². The zero-order valence-corrected chi connectivity index (χ0v) is 21.1. The highest BCUT2D eigenvalue weighted by atomic mass is 32.1. The van der Waals surface area contributed by atoms with Gasteiger partial charge in [0.05, 0.1) is 33.9 Å². The fraction of sp³-hybridized carbons (Fsp3) is 0.310. The quantitative estimate of drug-likeness (QED) is 0.357. The Morgan fingerprint density at radius 3 is 2.40 bits per heavy atom. The number of benzene rings is 3. The summed E-state index contributed by atoms with van der Waals surface area (Å²) < 4.78 is 6.61. The van der Waals surface area contributed by atoms with Crippen LogP contribution >= 0.6 is 11.3 Å². The second kappa shape index (κ2) is 10.2. The van der Waals surface area contributed by atoms with Crippen LogP contribution in [0.15, 0.2) is 78.9 Å². The van der Waals surface area contributed by atoms with Crippen molar-refractivity contribution in [3.8, 4) is 0 Å². The van der Waals surface area contributed by atoms with E-state index in [1.54, 1.807) is 11.3 Å². The summed E-state index contributed by atoms with van der Waals surface area (Å²) >= 11 is 1.67. The first-order valence-electron chi connectivity index (χ1n) is 12.1. The summed E-state index contributed by atoms with van der Waals surface area (Å²) in [6, 6.07) is 26.8. The topological polar surface area (TPSA) is 45.7 Å². The summed E-state index contributed by atoms with van der Waals surface area (Å²) in [6.07, 6.45) is 0.565. The lowest BCUT2D eigenvalue weighted by Gasteiger charge is -2.33. The smallest absolute Gasteiger partial charge is 0.233 e. The molecular formula is C29H31N3O2S. The van der Waals surface area contributed by atoms with Gasteiger partial charge in [-0.25, -0.2) is 4.98 Å². The Labute approximate surface area is 211 Å². The molecule has 1 fully saturated rings. The van der Waals surface area contributed by atoms with E-state index in [0.717, 1.165) is 52.7 Å². The second-order valence-corrected chi connectivity index (χ2v) is 10.5. The first kappa shape index (κ1) is 23.5. The highest BCUT2D eigenvalue weighted by Gasteiger charge is 2.38. The van der Waals surface area contributed by atoms with E-state index in [2.05, 4.69) is 54.3 Å². The molecule has 5 rings (SSSR count). The van der Waals surface area contributed by atoms with Crippen molar-refractivity contribution in [3.63, 3.8) is 0 Å². The Balaban J connectivity index is 1.36. The van der Waals surface area contributed by atoms with Gasteiger partial charge >= 0.3 is 0 Å². The Morgan fingerprint density at radius 2 is 1.69 bits per heavy atom. The van der Waals surface area contributed by atoms with Gasteiger partial charge in [-0.3, -0.25) is 4.79 Å². The molecule has 0 radical (unpaired) electrons. The molecule has 0 N–H and O–H groups in total. The van der Waals surface area contributed by atoms with Crippen molar-refractivity contribution < 1.29 is 9.53 Å². The van der Waals surface area contributed by atoms with E-state index in [9.17, 15) is 4.79 Å². The van der Waals surface area contributed by atoms with Crippen LogP contribution in [0.25, 0.3) is 10.2 Å². The first-order chi connectivity index (χ1) is 17.0. The normalized spacial score (nSPS) is 15.7. The predicted molar refractivity (Wildman–Crippen MR) is 143 cm³/mol. The van der Waals surface area contributed by atoms with Crippen LogP contribution in [0.4, 0.5) is 5.69 Å². The van der Waals surface area contributed by atoms with E-state index >= 15 is 0 Å². The van der Waals surface area contributed by atoms with Crippen LogP contribution in [0.5, 0.6) is 0 Å². The molecule has 0 aliphatic carbocycles. The van der Waals surface area contributed by atoms with Gasteiger partial charge in [0.2, 0.25) is 5.91 Å². The number of amides is 1. The van der Waals surface area contributed by atoms with Crippen LogP contribution in [0.3, 0.4) is 0 Å². The molecule has 0 bridgehead atoms. The molecule has 35 heavy (non-hydrogen) atoms. The predicted octanol–water partition coefficient (Wildman–Crippen LogP) is 5.29. The molecule has 1 aromatic heterocycles. The van der Waals surface area contributed by atoms with Gasteiger partial charge in [0, 0.05) is 38.8 Å². The highest BCUT2D eigenvalue weighted by molar-refractivity contribution is 7.18. The molecule has 180 valence electrons. The molecule has 0 saturated carbocycles. The van der Waals surface area contributed by atoms with Crippen LogP contribution in [0, 0.1) is 0 Å². The van der Waals surface area contributed by atoms with Gasteiger partial charge in [-0.05, 0) is 42.3 Å². The van der Waals surface area contributed by atoms with Crippen molar-refractivity contribution >= 4 is 33.1 Å². The van der Waals surface area contributed by atoms with Crippen molar-refractivity contribution in [1.29, 1.82) is 0 Å². The van der Waals surface area contributed by atoms with Gasteiger partial charge in [-0.15, -0.1) is 11.3 Å². The lowest BCUT2D eigenvalue weighted by atomic mass is 9.78. The van der Waals surface area contributed by atoms with E-state index in [1.165, 1.54) is 5.69 Å². The molecule has 3 aromatic carbocycles. The molecule has 6 heteroatoms. The molecule has 1 aliphatic heterocycles. The first-order valence-corrected chi connectivity index (χ1v) is 12.9. The number of nitrogens with zero attached hydrogens (tertiary/aromatic N) is 3. The standard InChI is InChI=1S/C29H31N3O2S/c1-29(23-8-4-3-5-9-23,20-27-30-25-10-6-7-11-26(25)35-27)28(33)31(2)21-22-12-14-24(15-13-22)32-16-18-34-19-17-32/h3-15H,16-21H2,1-2H3.